The molecule has 0 bridgehead atoms. The van der Waals surface area contributed by atoms with Gasteiger partial charge in [-0.3, -0.25) is 0 Å². The van der Waals surface area contributed by atoms with Crippen LogP contribution in [-0.4, -0.2) is 0 Å². The van der Waals surface area contributed by atoms with Gasteiger partial charge in [0, 0.05) is 47.9 Å². The summed E-state index contributed by atoms with van der Waals surface area (Å²) >= 11 is 0. The lowest BCUT2D eigenvalue weighted by atomic mass is 10.1. The maximum atomic E-state index is 11.5. The van der Waals surface area contributed by atoms with E-state index >= 15 is 0 Å². The third-order valence-electron chi connectivity index (χ3n) is 6.25. The molecule has 4 rings (SSSR count). The van der Waals surface area contributed by atoms with Crippen molar-refractivity contribution in [3.05, 3.63) is 73.1 Å². The first-order chi connectivity index (χ1) is 15.7. The van der Waals surface area contributed by atoms with Crippen LogP contribution in [0.25, 0.3) is 21.8 Å². The van der Waals surface area contributed by atoms with Crippen molar-refractivity contribution in [2.45, 2.75) is 64.5 Å². The van der Waals surface area contributed by atoms with Crippen LogP contribution in [0.3, 0.4) is 0 Å². The zero-order valence-corrected chi connectivity index (χ0v) is 24.2. The monoisotopic (exact) mass is 684 g/mol. The van der Waals surface area contributed by atoms with Crippen LogP contribution in [0, 0.1) is 0 Å². The quantitative estimate of drug-likeness (QED) is 0.115. The van der Waals surface area contributed by atoms with Gasteiger partial charge in [-0.2, -0.15) is 9.13 Å². The van der Waals surface area contributed by atoms with Crippen molar-refractivity contribution in [2.75, 3.05) is 0 Å². The second-order valence-electron chi connectivity index (χ2n) is 8.67. The van der Waals surface area contributed by atoms with Gasteiger partial charge in [-0.15, -0.1) is 59.5 Å². The molecule has 0 saturated carbocycles. The summed E-state index contributed by atoms with van der Waals surface area (Å²) < 4.78 is 4.52. The van der Waals surface area contributed by atoms with Gasteiger partial charge in [0.15, 0.2) is 12.4 Å². The molecule has 2 aromatic heterocycles. The van der Waals surface area contributed by atoms with Gasteiger partial charge in [-0.05, 0) is 25.0 Å². The van der Waals surface area contributed by atoms with Gasteiger partial charge in [0.05, 0.1) is 0 Å². The SMILES string of the molecule is I.I.[O-]c1ccc2c(ccc[n+]2CCCCCCCCCC[n+]2cccc3cc([O-])ccc32)c1. The minimum Gasteiger partial charge on any atom is -0.872 e. The molecule has 2 heterocycles. The van der Waals surface area contributed by atoms with Crippen LogP contribution < -0.4 is 19.3 Å². The van der Waals surface area contributed by atoms with Gasteiger partial charge in [-0.1, -0.05) is 49.9 Å². The highest BCUT2D eigenvalue weighted by molar-refractivity contribution is 14.0. The predicted molar refractivity (Wildman–Crippen MR) is 155 cm³/mol. The molecule has 0 N–H and O–H groups in total. The van der Waals surface area contributed by atoms with Gasteiger partial charge in [-0.25, -0.2) is 0 Å². The summed E-state index contributed by atoms with van der Waals surface area (Å²) in [5.41, 5.74) is 2.29. The van der Waals surface area contributed by atoms with Crippen LogP contribution in [0.4, 0.5) is 0 Å². The fourth-order valence-electron chi connectivity index (χ4n) is 4.53. The Morgan fingerprint density at radius 1 is 0.500 bits per heavy atom. The number of rotatable bonds is 11. The second kappa shape index (κ2) is 14.7. The van der Waals surface area contributed by atoms with E-state index in [-0.39, 0.29) is 59.5 Å². The maximum Gasteiger partial charge on any atom is 0.212 e. The summed E-state index contributed by atoms with van der Waals surface area (Å²) in [4.78, 5) is 0. The Balaban J connectivity index is 0.00000204. The summed E-state index contributed by atoms with van der Waals surface area (Å²) in [5, 5.41) is 25.1. The Bertz CT molecular complexity index is 1090. The smallest absolute Gasteiger partial charge is 0.212 e. The standard InChI is InChI=1S/C28H32N2O2.2HI/c31-25-13-15-27-23(21-25)11-9-19-29(27)17-7-5-3-1-2-4-6-8-18-30-20-10-12-24-22-26(32)14-16-28(24)30;;/h9-16,19-22H,1-8,17-18H2;2*1H. The van der Waals surface area contributed by atoms with Crippen molar-refractivity contribution >= 4 is 69.8 Å². The topological polar surface area (TPSA) is 53.9 Å². The normalized spacial score (nSPS) is 10.7. The molecule has 4 aromatic rings. The lowest BCUT2D eigenvalue weighted by Crippen LogP contribution is -2.34. The molecule has 0 amide bonds. The Kier molecular flexibility index (Phi) is 12.3. The number of fused-ring (bicyclic) bond motifs is 2. The number of hydrogen-bond acceptors (Lipinski definition) is 2. The molecule has 6 heteroatoms. The Labute approximate surface area is 236 Å². The van der Waals surface area contributed by atoms with E-state index < -0.39 is 0 Å². The van der Waals surface area contributed by atoms with Gasteiger partial charge in [0.2, 0.25) is 11.0 Å². The average molecular weight is 684 g/mol. The molecule has 0 aliphatic carbocycles. The lowest BCUT2D eigenvalue weighted by molar-refractivity contribution is -0.672. The molecule has 4 nitrogen and oxygen atoms in total. The van der Waals surface area contributed by atoms with Gasteiger partial charge in [0.1, 0.15) is 13.1 Å². The molecule has 0 unspecified atom stereocenters. The third kappa shape index (κ3) is 7.93. The molecule has 34 heavy (non-hydrogen) atoms. The predicted octanol–water partition coefficient (Wildman–Crippen LogP) is 5.77. The molecule has 0 spiro atoms. The third-order valence-corrected chi connectivity index (χ3v) is 6.25. The molecule has 0 fully saturated rings. The number of hydrogen-bond donors (Lipinski definition) is 0. The van der Waals surface area contributed by atoms with Crippen LogP contribution in [0.15, 0.2) is 73.1 Å². The van der Waals surface area contributed by atoms with E-state index in [1.165, 1.54) is 51.4 Å². The van der Waals surface area contributed by atoms with E-state index in [9.17, 15) is 10.2 Å². The highest BCUT2D eigenvalue weighted by Crippen LogP contribution is 2.16. The summed E-state index contributed by atoms with van der Waals surface area (Å²) in [6, 6.07) is 18.7. The average Bonchev–Trinajstić information content (AvgIpc) is 2.80. The minimum atomic E-state index is 0. The zero-order valence-electron chi connectivity index (χ0n) is 19.5. The molecule has 0 radical (unpaired) electrons. The molecule has 2 aromatic carbocycles. The molecule has 0 atom stereocenters. The van der Waals surface area contributed by atoms with Crippen LogP contribution in [0.5, 0.6) is 11.5 Å². The van der Waals surface area contributed by atoms with E-state index in [0.717, 1.165) is 34.9 Å². The van der Waals surface area contributed by atoms with Crippen LogP contribution in [-0.2, 0) is 13.1 Å². The number of halogens is 2. The molecular formula is C28H34I2N2O2. The van der Waals surface area contributed by atoms with Crippen molar-refractivity contribution in [3.63, 3.8) is 0 Å². The molecule has 0 saturated heterocycles. The minimum absolute atomic E-state index is 0. The maximum absolute atomic E-state index is 11.5. The van der Waals surface area contributed by atoms with Gasteiger partial charge >= 0.3 is 0 Å². The van der Waals surface area contributed by atoms with E-state index in [4.69, 9.17) is 0 Å². The Morgan fingerprint density at radius 2 is 0.882 bits per heavy atom. The zero-order chi connectivity index (χ0) is 22.2. The Hall–Kier alpha value is -1.68. The molecule has 182 valence electrons. The first kappa shape index (κ1) is 28.6. The molecule has 0 aliphatic rings. The van der Waals surface area contributed by atoms with Crippen molar-refractivity contribution in [1.29, 1.82) is 0 Å². The lowest BCUT2D eigenvalue weighted by Gasteiger charge is -2.07. The highest BCUT2D eigenvalue weighted by Gasteiger charge is 2.08. The van der Waals surface area contributed by atoms with Crippen molar-refractivity contribution in [1.82, 2.24) is 0 Å². The van der Waals surface area contributed by atoms with Crippen molar-refractivity contribution < 1.29 is 19.3 Å². The van der Waals surface area contributed by atoms with E-state index in [0.29, 0.717) is 0 Å². The second-order valence-corrected chi connectivity index (χ2v) is 8.67. The molecule has 0 aliphatic heterocycles. The first-order valence-electron chi connectivity index (χ1n) is 11.9. The fourth-order valence-corrected chi connectivity index (χ4v) is 4.53. The number of benzene rings is 2. The highest BCUT2D eigenvalue weighted by atomic mass is 127. The largest absolute Gasteiger partial charge is 0.872 e. The number of aromatic nitrogens is 2. The molecular weight excluding hydrogens is 650 g/mol. The summed E-state index contributed by atoms with van der Waals surface area (Å²) in [5.74, 6) is 0.146. The van der Waals surface area contributed by atoms with E-state index in [1.54, 1.807) is 24.3 Å². The van der Waals surface area contributed by atoms with Crippen LogP contribution in [0.2, 0.25) is 0 Å². The number of aryl methyl sites for hydroxylation is 2. The van der Waals surface area contributed by atoms with E-state index in [1.807, 2.05) is 36.4 Å². The number of unbranched alkanes of at least 4 members (excludes halogenated alkanes) is 7. The van der Waals surface area contributed by atoms with Gasteiger partial charge in [0.25, 0.3) is 0 Å². The van der Waals surface area contributed by atoms with Gasteiger partial charge < -0.3 is 10.2 Å². The number of nitrogens with zero attached hydrogens (tertiary/aromatic N) is 2. The fraction of sp³-hybridized carbons (Fsp3) is 0.357. The van der Waals surface area contributed by atoms with Crippen LogP contribution >= 0.6 is 48.0 Å². The van der Waals surface area contributed by atoms with E-state index in [2.05, 4.69) is 21.5 Å². The Morgan fingerprint density at radius 3 is 1.29 bits per heavy atom. The summed E-state index contributed by atoms with van der Waals surface area (Å²) in [7, 11) is 0. The summed E-state index contributed by atoms with van der Waals surface area (Å²) in [6.07, 6.45) is 14.2. The van der Waals surface area contributed by atoms with Crippen molar-refractivity contribution in [2.24, 2.45) is 0 Å². The van der Waals surface area contributed by atoms with Crippen molar-refractivity contribution in [3.8, 4) is 11.5 Å². The first-order valence-corrected chi connectivity index (χ1v) is 11.9. The van der Waals surface area contributed by atoms with Crippen LogP contribution in [0.1, 0.15) is 51.4 Å². The summed E-state index contributed by atoms with van der Waals surface area (Å²) in [6.45, 7) is 2.01. The number of pyridine rings is 2.